The van der Waals surface area contributed by atoms with Crippen LogP contribution in [0.3, 0.4) is 0 Å². The Morgan fingerprint density at radius 2 is 2.19 bits per heavy atom. The third-order valence-electron chi connectivity index (χ3n) is 4.55. The molecule has 0 aromatic rings. The number of esters is 1. The standard InChI is InChI=1S/C16H24O5/c1-3-5-8-12(4-2)11-20-14(19)16-10-7-6-9-15(16,21-16)13(17)18/h7,10,12H,3-6,8-9,11H2,1-2H3,(H,17,18). The number of carbonyl (C=O) groups excluding carboxylic acids is 1. The Balaban J connectivity index is 1.96. The molecule has 3 atom stereocenters. The zero-order chi connectivity index (χ0) is 15.5. The van der Waals surface area contributed by atoms with Crippen molar-refractivity contribution in [2.75, 3.05) is 6.61 Å². The molecular weight excluding hydrogens is 272 g/mol. The maximum atomic E-state index is 12.3. The monoisotopic (exact) mass is 296 g/mol. The molecule has 0 aromatic carbocycles. The summed E-state index contributed by atoms with van der Waals surface area (Å²) in [6.45, 7) is 4.54. The number of aliphatic carboxylic acids is 1. The minimum Gasteiger partial charge on any atom is -0.479 e. The van der Waals surface area contributed by atoms with Crippen molar-refractivity contribution in [2.45, 2.75) is 63.6 Å². The third kappa shape index (κ3) is 2.71. The molecule has 0 bridgehead atoms. The number of hydrogen-bond donors (Lipinski definition) is 1. The zero-order valence-electron chi connectivity index (χ0n) is 12.8. The molecule has 2 rings (SSSR count). The van der Waals surface area contributed by atoms with E-state index in [9.17, 15) is 14.7 Å². The van der Waals surface area contributed by atoms with Gasteiger partial charge in [-0.15, -0.1) is 0 Å². The number of unbranched alkanes of at least 4 members (excludes halogenated alkanes) is 1. The van der Waals surface area contributed by atoms with Crippen molar-refractivity contribution in [3.05, 3.63) is 12.2 Å². The summed E-state index contributed by atoms with van der Waals surface area (Å²) in [6.07, 6.45) is 8.47. The van der Waals surface area contributed by atoms with Crippen LogP contribution in [0.5, 0.6) is 0 Å². The van der Waals surface area contributed by atoms with Gasteiger partial charge in [0.25, 0.3) is 0 Å². The molecule has 1 heterocycles. The number of fused-ring (bicyclic) bond motifs is 1. The lowest BCUT2D eigenvalue weighted by Gasteiger charge is -2.19. The molecule has 0 saturated carbocycles. The molecule has 21 heavy (non-hydrogen) atoms. The van der Waals surface area contributed by atoms with Crippen LogP contribution in [0.25, 0.3) is 0 Å². The SMILES string of the molecule is CCCCC(CC)COC(=O)C12C=CCCC1(C(=O)O)O2. The van der Waals surface area contributed by atoms with E-state index in [1.807, 2.05) is 0 Å². The van der Waals surface area contributed by atoms with Crippen LogP contribution >= 0.6 is 0 Å². The third-order valence-corrected chi connectivity index (χ3v) is 4.55. The highest BCUT2D eigenvalue weighted by atomic mass is 16.7. The van der Waals surface area contributed by atoms with Crippen LogP contribution in [-0.4, -0.2) is 34.9 Å². The number of carboxylic acids is 1. The van der Waals surface area contributed by atoms with Gasteiger partial charge in [-0.05, 0) is 31.3 Å². The normalized spacial score (nSPS) is 31.3. The number of carboxylic acid groups (broad SMARTS) is 1. The molecule has 0 spiro atoms. The van der Waals surface area contributed by atoms with Crippen LogP contribution in [0.4, 0.5) is 0 Å². The first-order valence-corrected chi connectivity index (χ1v) is 7.81. The van der Waals surface area contributed by atoms with Gasteiger partial charge in [-0.2, -0.15) is 0 Å². The van der Waals surface area contributed by atoms with Gasteiger partial charge in [0.05, 0.1) is 6.61 Å². The Kier molecular flexibility index (Phi) is 4.71. The van der Waals surface area contributed by atoms with Crippen molar-refractivity contribution in [1.82, 2.24) is 0 Å². The average Bonchev–Trinajstić information content (AvgIpc) is 3.19. The quantitative estimate of drug-likeness (QED) is 0.423. The van der Waals surface area contributed by atoms with E-state index in [4.69, 9.17) is 9.47 Å². The summed E-state index contributed by atoms with van der Waals surface area (Å²) in [4.78, 5) is 23.7. The van der Waals surface area contributed by atoms with Crippen LogP contribution in [0.15, 0.2) is 12.2 Å². The summed E-state index contributed by atoms with van der Waals surface area (Å²) in [6, 6.07) is 0. The van der Waals surface area contributed by atoms with Gasteiger partial charge in [0, 0.05) is 0 Å². The second kappa shape index (κ2) is 6.18. The Morgan fingerprint density at radius 3 is 2.81 bits per heavy atom. The van der Waals surface area contributed by atoms with Gasteiger partial charge < -0.3 is 14.6 Å². The van der Waals surface area contributed by atoms with Gasteiger partial charge in [-0.3, -0.25) is 0 Å². The van der Waals surface area contributed by atoms with Crippen molar-refractivity contribution < 1.29 is 24.2 Å². The van der Waals surface area contributed by atoms with Crippen LogP contribution < -0.4 is 0 Å². The fraction of sp³-hybridized carbons (Fsp3) is 0.750. The number of allylic oxidation sites excluding steroid dienone is 1. The molecule has 0 amide bonds. The summed E-state index contributed by atoms with van der Waals surface area (Å²) in [5.41, 5.74) is -2.79. The zero-order valence-corrected chi connectivity index (χ0v) is 12.8. The van der Waals surface area contributed by atoms with Crippen LogP contribution in [0, 0.1) is 5.92 Å². The molecule has 5 nitrogen and oxygen atoms in total. The van der Waals surface area contributed by atoms with E-state index in [0.29, 0.717) is 25.4 Å². The van der Waals surface area contributed by atoms with E-state index in [0.717, 1.165) is 25.7 Å². The summed E-state index contributed by atoms with van der Waals surface area (Å²) >= 11 is 0. The minimum absolute atomic E-state index is 0.320. The highest BCUT2D eigenvalue weighted by molar-refractivity contribution is 5.99. The lowest BCUT2D eigenvalue weighted by molar-refractivity contribution is -0.151. The molecule has 5 heteroatoms. The number of rotatable bonds is 8. The first-order valence-electron chi connectivity index (χ1n) is 7.81. The number of epoxide rings is 1. The molecule has 1 saturated heterocycles. The second-order valence-electron chi connectivity index (χ2n) is 5.93. The summed E-state index contributed by atoms with van der Waals surface area (Å²) < 4.78 is 10.7. The van der Waals surface area contributed by atoms with E-state index in [2.05, 4.69) is 13.8 Å². The summed E-state index contributed by atoms with van der Waals surface area (Å²) in [5.74, 6) is -1.31. The molecule has 2 aliphatic rings. The number of hydrogen-bond acceptors (Lipinski definition) is 4. The van der Waals surface area contributed by atoms with Crippen LogP contribution in [0.1, 0.15) is 52.4 Å². The Labute approximate surface area is 125 Å². The van der Waals surface area contributed by atoms with Crippen molar-refractivity contribution in [3.8, 4) is 0 Å². The van der Waals surface area contributed by atoms with E-state index < -0.39 is 23.1 Å². The molecule has 118 valence electrons. The largest absolute Gasteiger partial charge is 0.479 e. The van der Waals surface area contributed by atoms with Gasteiger partial charge in [0.1, 0.15) is 0 Å². The molecule has 1 aliphatic heterocycles. The average molecular weight is 296 g/mol. The Morgan fingerprint density at radius 1 is 1.43 bits per heavy atom. The van der Waals surface area contributed by atoms with Crippen molar-refractivity contribution in [2.24, 2.45) is 5.92 Å². The first-order chi connectivity index (χ1) is 10.0. The predicted molar refractivity (Wildman–Crippen MR) is 76.8 cm³/mol. The van der Waals surface area contributed by atoms with Gasteiger partial charge >= 0.3 is 11.9 Å². The summed E-state index contributed by atoms with van der Waals surface area (Å²) in [7, 11) is 0. The number of ether oxygens (including phenoxy) is 2. The highest BCUT2D eigenvalue weighted by Gasteiger charge is 2.79. The van der Waals surface area contributed by atoms with Gasteiger partial charge in [-0.25, -0.2) is 9.59 Å². The van der Waals surface area contributed by atoms with Crippen LogP contribution in [-0.2, 0) is 19.1 Å². The molecule has 1 fully saturated rings. The van der Waals surface area contributed by atoms with E-state index in [1.54, 1.807) is 12.2 Å². The van der Waals surface area contributed by atoms with Crippen molar-refractivity contribution in [3.63, 3.8) is 0 Å². The second-order valence-corrected chi connectivity index (χ2v) is 5.93. The molecule has 0 aromatic heterocycles. The van der Waals surface area contributed by atoms with Gasteiger partial charge in [0.15, 0.2) is 0 Å². The molecule has 3 unspecified atom stereocenters. The lowest BCUT2D eigenvalue weighted by atomic mass is 9.84. The van der Waals surface area contributed by atoms with E-state index >= 15 is 0 Å². The molecular formula is C16H24O5. The highest BCUT2D eigenvalue weighted by Crippen LogP contribution is 2.55. The van der Waals surface area contributed by atoms with Gasteiger partial charge in [0.2, 0.25) is 11.2 Å². The maximum Gasteiger partial charge on any atom is 0.346 e. The maximum absolute atomic E-state index is 12.3. The van der Waals surface area contributed by atoms with Crippen molar-refractivity contribution in [1.29, 1.82) is 0 Å². The predicted octanol–water partition coefficient (Wildman–Crippen LogP) is 2.69. The van der Waals surface area contributed by atoms with E-state index in [-0.39, 0.29) is 0 Å². The van der Waals surface area contributed by atoms with Gasteiger partial charge in [-0.1, -0.05) is 39.2 Å². The smallest absolute Gasteiger partial charge is 0.346 e. The van der Waals surface area contributed by atoms with E-state index in [1.165, 1.54) is 0 Å². The fourth-order valence-corrected chi connectivity index (χ4v) is 2.97. The van der Waals surface area contributed by atoms with Crippen molar-refractivity contribution >= 4 is 11.9 Å². The Hall–Kier alpha value is -1.36. The van der Waals surface area contributed by atoms with Crippen LogP contribution in [0.2, 0.25) is 0 Å². The fourth-order valence-electron chi connectivity index (χ4n) is 2.97. The Bertz CT molecular complexity index is 444. The molecule has 1 aliphatic carbocycles. The first kappa shape index (κ1) is 16.0. The molecule has 0 radical (unpaired) electrons. The summed E-state index contributed by atoms with van der Waals surface area (Å²) in [5, 5.41) is 9.33. The molecule has 1 N–H and O–H groups in total. The topological polar surface area (TPSA) is 76.1 Å². The lowest BCUT2D eigenvalue weighted by Crippen LogP contribution is -2.41. The number of carbonyl (C=O) groups is 2. The minimum atomic E-state index is -1.40.